The number of nitrogens with two attached hydrogens (primary N) is 1. The lowest BCUT2D eigenvalue weighted by Gasteiger charge is -2.17. The fourth-order valence-electron chi connectivity index (χ4n) is 1.85. The molecule has 3 N–H and O–H groups in total. The highest BCUT2D eigenvalue weighted by Gasteiger charge is 2.08. The van der Waals surface area contributed by atoms with Crippen LogP contribution in [0.3, 0.4) is 0 Å². The molecule has 2 aromatic rings. The molecule has 0 spiro atoms. The van der Waals surface area contributed by atoms with Crippen molar-refractivity contribution in [1.82, 2.24) is 0 Å². The van der Waals surface area contributed by atoms with Crippen LogP contribution in [0.25, 0.3) is 0 Å². The number of hydrogen-bond donors (Lipinski definition) is 2. The molecule has 0 radical (unpaired) electrons. The van der Waals surface area contributed by atoms with E-state index >= 15 is 0 Å². The molecule has 0 aliphatic heterocycles. The van der Waals surface area contributed by atoms with E-state index in [1.807, 2.05) is 48.5 Å². The summed E-state index contributed by atoms with van der Waals surface area (Å²) in [5.74, 6) is 0.789. The van der Waals surface area contributed by atoms with Crippen LogP contribution in [0.5, 0.6) is 5.75 Å². The minimum Gasteiger partial charge on any atom is -0.487 e. The third-order valence-electron chi connectivity index (χ3n) is 2.73. The van der Waals surface area contributed by atoms with Gasteiger partial charge in [0, 0.05) is 6.04 Å². The van der Waals surface area contributed by atoms with Crippen molar-refractivity contribution in [2.45, 2.75) is 26.5 Å². The summed E-state index contributed by atoms with van der Waals surface area (Å²) >= 11 is 0. The Bertz CT molecular complexity index is 524. The number of nitrogen functional groups attached to an aromatic ring is 1. The average molecular weight is 256 g/mol. The summed E-state index contributed by atoms with van der Waals surface area (Å²) in [6.07, 6.45) is 0. The van der Waals surface area contributed by atoms with Gasteiger partial charge in [-0.1, -0.05) is 36.4 Å². The largest absolute Gasteiger partial charge is 0.487 e. The molecule has 0 aliphatic rings. The highest BCUT2D eigenvalue weighted by molar-refractivity contribution is 5.73. The third kappa shape index (κ3) is 3.65. The minimum atomic E-state index is 0.309. The van der Waals surface area contributed by atoms with Crippen molar-refractivity contribution in [2.24, 2.45) is 0 Å². The van der Waals surface area contributed by atoms with Crippen LogP contribution in [-0.2, 0) is 6.61 Å². The zero-order chi connectivity index (χ0) is 13.7. The van der Waals surface area contributed by atoms with Crippen molar-refractivity contribution in [1.29, 1.82) is 0 Å². The molecule has 3 heteroatoms. The zero-order valence-electron chi connectivity index (χ0n) is 11.4. The Morgan fingerprint density at radius 3 is 2.47 bits per heavy atom. The summed E-state index contributed by atoms with van der Waals surface area (Å²) in [7, 11) is 0. The van der Waals surface area contributed by atoms with Crippen LogP contribution >= 0.6 is 0 Å². The molecule has 0 aliphatic carbocycles. The van der Waals surface area contributed by atoms with Gasteiger partial charge in [0.15, 0.2) is 0 Å². The van der Waals surface area contributed by atoms with E-state index in [1.54, 1.807) is 0 Å². The lowest BCUT2D eigenvalue weighted by Crippen LogP contribution is -2.12. The summed E-state index contributed by atoms with van der Waals surface area (Å²) in [6.45, 7) is 4.69. The molecule has 0 fully saturated rings. The van der Waals surface area contributed by atoms with E-state index in [9.17, 15) is 0 Å². The number of benzene rings is 2. The van der Waals surface area contributed by atoms with Crippen molar-refractivity contribution >= 4 is 11.4 Å². The van der Waals surface area contributed by atoms with Gasteiger partial charge >= 0.3 is 0 Å². The van der Waals surface area contributed by atoms with Gasteiger partial charge in [-0.2, -0.15) is 0 Å². The first-order valence-electron chi connectivity index (χ1n) is 6.48. The zero-order valence-corrected chi connectivity index (χ0v) is 11.4. The van der Waals surface area contributed by atoms with Gasteiger partial charge in [0.05, 0.1) is 5.69 Å². The maximum atomic E-state index is 6.00. The maximum absolute atomic E-state index is 6.00. The molecule has 0 atom stereocenters. The van der Waals surface area contributed by atoms with E-state index in [0.29, 0.717) is 18.3 Å². The molecule has 0 heterocycles. The molecule has 100 valence electrons. The molecule has 0 bridgehead atoms. The smallest absolute Gasteiger partial charge is 0.145 e. The fraction of sp³-hybridized carbons (Fsp3) is 0.250. The van der Waals surface area contributed by atoms with E-state index < -0.39 is 0 Å². The van der Waals surface area contributed by atoms with Crippen LogP contribution in [0.4, 0.5) is 11.4 Å². The summed E-state index contributed by atoms with van der Waals surface area (Å²) in [4.78, 5) is 0. The highest BCUT2D eigenvalue weighted by atomic mass is 16.5. The molecule has 2 aromatic carbocycles. The molecule has 0 saturated heterocycles. The SMILES string of the molecule is CC(C)Nc1c(N)cccc1OCc1ccccc1. The van der Waals surface area contributed by atoms with E-state index in [0.717, 1.165) is 17.0 Å². The second-order valence-electron chi connectivity index (χ2n) is 4.79. The Morgan fingerprint density at radius 1 is 1.05 bits per heavy atom. The normalized spacial score (nSPS) is 10.5. The van der Waals surface area contributed by atoms with Crippen LogP contribution in [0.2, 0.25) is 0 Å². The molecular formula is C16H20N2O. The van der Waals surface area contributed by atoms with Crippen molar-refractivity contribution in [3.63, 3.8) is 0 Å². The van der Waals surface area contributed by atoms with E-state index in [4.69, 9.17) is 10.5 Å². The van der Waals surface area contributed by atoms with Crippen LogP contribution in [-0.4, -0.2) is 6.04 Å². The Balaban J connectivity index is 2.13. The first kappa shape index (κ1) is 13.3. The second-order valence-corrected chi connectivity index (χ2v) is 4.79. The number of rotatable bonds is 5. The van der Waals surface area contributed by atoms with Crippen molar-refractivity contribution < 1.29 is 4.74 Å². The Hall–Kier alpha value is -2.16. The predicted octanol–water partition coefficient (Wildman–Crippen LogP) is 3.67. The quantitative estimate of drug-likeness (QED) is 0.802. The Kier molecular flexibility index (Phi) is 4.29. The van der Waals surface area contributed by atoms with Crippen molar-refractivity contribution in [2.75, 3.05) is 11.1 Å². The van der Waals surface area contributed by atoms with Gasteiger partial charge in [0.25, 0.3) is 0 Å². The van der Waals surface area contributed by atoms with E-state index in [1.165, 1.54) is 0 Å². The predicted molar refractivity (Wildman–Crippen MR) is 80.4 cm³/mol. The maximum Gasteiger partial charge on any atom is 0.145 e. The van der Waals surface area contributed by atoms with Crippen molar-refractivity contribution in [3.8, 4) is 5.75 Å². The lowest BCUT2D eigenvalue weighted by molar-refractivity contribution is 0.307. The molecule has 0 saturated carbocycles. The molecule has 19 heavy (non-hydrogen) atoms. The van der Waals surface area contributed by atoms with Gasteiger partial charge in [-0.15, -0.1) is 0 Å². The number of hydrogen-bond acceptors (Lipinski definition) is 3. The average Bonchev–Trinajstić information content (AvgIpc) is 2.40. The Labute approximate surface area is 114 Å². The topological polar surface area (TPSA) is 47.3 Å². The molecular weight excluding hydrogens is 236 g/mol. The van der Waals surface area contributed by atoms with Gasteiger partial charge in [0.1, 0.15) is 18.0 Å². The van der Waals surface area contributed by atoms with Crippen LogP contribution in [0.1, 0.15) is 19.4 Å². The van der Waals surface area contributed by atoms with E-state index in [2.05, 4.69) is 19.2 Å². The Morgan fingerprint density at radius 2 is 1.79 bits per heavy atom. The van der Waals surface area contributed by atoms with Crippen LogP contribution in [0, 0.1) is 0 Å². The highest BCUT2D eigenvalue weighted by Crippen LogP contribution is 2.31. The summed E-state index contributed by atoms with van der Waals surface area (Å²) in [5, 5.41) is 3.33. The minimum absolute atomic E-state index is 0.309. The summed E-state index contributed by atoms with van der Waals surface area (Å²) < 4.78 is 5.86. The van der Waals surface area contributed by atoms with Crippen LogP contribution < -0.4 is 15.8 Å². The second kappa shape index (κ2) is 6.14. The number of anilines is 2. The monoisotopic (exact) mass is 256 g/mol. The molecule has 0 unspecified atom stereocenters. The lowest BCUT2D eigenvalue weighted by atomic mass is 10.2. The molecule has 3 nitrogen and oxygen atoms in total. The van der Waals surface area contributed by atoms with Crippen molar-refractivity contribution in [3.05, 3.63) is 54.1 Å². The number of nitrogens with one attached hydrogen (secondary N) is 1. The summed E-state index contributed by atoms with van der Waals surface area (Å²) in [6, 6.07) is 16.1. The van der Waals surface area contributed by atoms with Gasteiger partial charge in [-0.25, -0.2) is 0 Å². The third-order valence-corrected chi connectivity index (χ3v) is 2.73. The molecule has 0 aromatic heterocycles. The first-order chi connectivity index (χ1) is 9.16. The standard InChI is InChI=1S/C16H20N2O/c1-12(2)18-16-14(17)9-6-10-15(16)19-11-13-7-4-3-5-8-13/h3-10,12,18H,11,17H2,1-2H3. The van der Waals surface area contributed by atoms with Gasteiger partial charge in [0.2, 0.25) is 0 Å². The molecule has 0 amide bonds. The van der Waals surface area contributed by atoms with Crippen LogP contribution in [0.15, 0.2) is 48.5 Å². The first-order valence-corrected chi connectivity index (χ1v) is 6.48. The summed E-state index contributed by atoms with van der Waals surface area (Å²) in [5.41, 5.74) is 8.71. The van der Waals surface area contributed by atoms with E-state index in [-0.39, 0.29) is 0 Å². The fourth-order valence-corrected chi connectivity index (χ4v) is 1.85. The molecule has 2 rings (SSSR count). The number of ether oxygens (including phenoxy) is 1. The van der Waals surface area contributed by atoms with Gasteiger partial charge < -0.3 is 15.8 Å². The number of para-hydroxylation sites is 1. The van der Waals surface area contributed by atoms with Gasteiger partial charge in [-0.05, 0) is 31.5 Å². The van der Waals surface area contributed by atoms with Gasteiger partial charge in [-0.3, -0.25) is 0 Å².